The number of carbonyl (C=O) groups is 1. The molecule has 6 heteroatoms. The van der Waals surface area contributed by atoms with Crippen LogP contribution >= 0.6 is 0 Å². The van der Waals surface area contributed by atoms with Crippen LogP contribution in [0, 0.1) is 11.6 Å². The SMILES string of the molecule is CC(C)(C)OC(=O)N[C@H](Cc1cc(F)ccc1F)[C@@H]1CO1. The van der Waals surface area contributed by atoms with Gasteiger partial charge in [0.05, 0.1) is 12.6 Å². The molecule has 1 fully saturated rings. The Morgan fingerprint density at radius 1 is 1.48 bits per heavy atom. The number of nitrogens with one attached hydrogen (secondary N) is 1. The van der Waals surface area contributed by atoms with E-state index in [1.165, 1.54) is 0 Å². The Bertz CT molecular complexity index is 524. The Balaban J connectivity index is 2.03. The number of amides is 1. The molecule has 0 aliphatic carbocycles. The molecular formula is C15H19F2NO3. The van der Waals surface area contributed by atoms with E-state index in [1.54, 1.807) is 20.8 Å². The van der Waals surface area contributed by atoms with Gasteiger partial charge < -0.3 is 14.8 Å². The highest BCUT2D eigenvalue weighted by molar-refractivity contribution is 5.68. The van der Waals surface area contributed by atoms with Crippen molar-refractivity contribution in [1.82, 2.24) is 5.32 Å². The monoisotopic (exact) mass is 299 g/mol. The summed E-state index contributed by atoms with van der Waals surface area (Å²) in [4.78, 5) is 11.8. The van der Waals surface area contributed by atoms with E-state index < -0.39 is 29.4 Å². The molecule has 1 heterocycles. The minimum atomic E-state index is -0.622. The van der Waals surface area contributed by atoms with E-state index >= 15 is 0 Å². The molecule has 1 aromatic rings. The fourth-order valence-corrected chi connectivity index (χ4v) is 1.96. The maximum atomic E-state index is 13.7. The van der Waals surface area contributed by atoms with Gasteiger partial charge in [0.25, 0.3) is 0 Å². The zero-order valence-corrected chi connectivity index (χ0v) is 12.3. The van der Waals surface area contributed by atoms with Gasteiger partial charge in [0.2, 0.25) is 0 Å². The first-order valence-electron chi connectivity index (χ1n) is 6.79. The maximum absolute atomic E-state index is 13.7. The molecule has 0 aromatic heterocycles. The molecule has 116 valence electrons. The van der Waals surface area contributed by atoms with Gasteiger partial charge in [0.1, 0.15) is 23.3 Å². The van der Waals surface area contributed by atoms with Crippen molar-refractivity contribution in [3.8, 4) is 0 Å². The molecule has 1 aliphatic rings. The van der Waals surface area contributed by atoms with Crippen LogP contribution in [-0.4, -0.2) is 30.4 Å². The fraction of sp³-hybridized carbons (Fsp3) is 0.533. The minimum absolute atomic E-state index is 0.146. The van der Waals surface area contributed by atoms with Crippen LogP contribution in [0.5, 0.6) is 0 Å². The summed E-state index contributed by atoms with van der Waals surface area (Å²) in [6, 6.07) is 2.81. The molecule has 1 aliphatic heterocycles. The maximum Gasteiger partial charge on any atom is 0.407 e. The molecule has 21 heavy (non-hydrogen) atoms. The van der Waals surface area contributed by atoms with Crippen LogP contribution in [0.3, 0.4) is 0 Å². The average molecular weight is 299 g/mol. The van der Waals surface area contributed by atoms with E-state index in [4.69, 9.17) is 9.47 Å². The van der Waals surface area contributed by atoms with E-state index in [2.05, 4.69) is 5.32 Å². The number of rotatable bonds is 4. The summed E-state index contributed by atoms with van der Waals surface area (Å²) in [6.07, 6.45) is -0.645. The highest BCUT2D eigenvalue weighted by atomic mass is 19.1. The zero-order chi connectivity index (χ0) is 15.6. The molecule has 1 saturated heterocycles. The van der Waals surface area contributed by atoms with E-state index in [1.807, 2.05) is 0 Å². The topological polar surface area (TPSA) is 50.9 Å². The van der Waals surface area contributed by atoms with E-state index in [0.29, 0.717) is 6.61 Å². The second-order valence-electron chi connectivity index (χ2n) is 6.06. The number of carbonyl (C=O) groups excluding carboxylic acids is 1. The van der Waals surface area contributed by atoms with Crippen molar-refractivity contribution in [1.29, 1.82) is 0 Å². The van der Waals surface area contributed by atoms with Gasteiger partial charge in [-0.25, -0.2) is 13.6 Å². The van der Waals surface area contributed by atoms with Crippen LogP contribution in [0.1, 0.15) is 26.3 Å². The van der Waals surface area contributed by atoms with Crippen molar-refractivity contribution in [2.75, 3.05) is 6.61 Å². The Morgan fingerprint density at radius 2 is 2.14 bits per heavy atom. The number of benzene rings is 1. The Hall–Kier alpha value is -1.69. The van der Waals surface area contributed by atoms with Gasteiger partial charge >= 0.3 is 6.09 Å². The van der Waals surface area contributed by atoms with Gasteiger partial charge in [-0.1, -0.05) is 0 Å². The predicted molar refractivity (Wildman–Crippen MR) is 73.0 cm³/mol. The molecular weight excluding hydrogens is 280 g/mol. The lowest BCUT2D eigenvalue weighted by Gasteiger charge is -2.23. The first-order chi connectivity index (χ1) is 9.74. The summed E-state index contributed by atoms with van der Waals surface area (Å²) in [6.45, 7) is 5.74. The number of ether oxygens (including phenoxy) is 2. The predicted octanol–water partition coefficient (Wildman–Crippen LogP) is 2.80. The van der Waals surface area contributed by atoms with Crippen molar-refractivity contribution in [3.05, 3.63) is 35.4 Å². The molecule has 0 spiro atoms. The van der Waals surface area contributed by atoms with Gasteiger partial charge in [-0.15, -0.1) is 0 Å². The van der Waals surface area contributed by atoms with Gasteiger partial charge in [-0.3, -0.25) is 0 Å². The highest BCUT2D eigenvalue weighted by Gasteiger charge is 2.35. The van der Waals surface area contributed by atoms with Crippen LogP contribution in [0.2, 0.25) is 0 Å². The number of hydrogen-bond donors (Lipinski definition) is 1. The first kappa shape index (κ1) is 15.7. The molecule has 1 aromatic carbocycles. The lowest BCUT2D eigenvalue weighted by Crippen LogP contribution is -2.43. The Morgan fingerprint density at radius 3 is 2.71 bits per heavy atom. The quantitative estimate of drug-likeness (QED) is 0.870. The average Bonchev–Trinajstić information content (AvgIpc) is 3.14. The number of halogens is 2. The van der Waals surface area contributed by atoms with Gasteiger partial charge in [0.15, 0.2) is 0 Å². The zero-order valence-electron chi connectivity index (χ0n) is 12.3. The Labute approximate surface area is 122 Å². The molecule has 4 nitrogen and oxygen atoms in total. The second kappa shape index (κ2) is 5.97. The van der Waals surface area contributed by atoms with Crippen molar-refractivity contribution >= 4 is 6.09 Å². The molecule has 0 saturated carbocycles. The summed E-state index contributed by atoms with van der Waals surface area (Å²) >= 11 is 0. The van der Waals surface area contributed by atoms with Gasteiger partial charge in [-0.2, -0.15) is 0 Å². The summed E-state index contributed by atoms with van der Waals surface area (Å²) in [7, 11) is 0. The lowest BCUT2D eigenvalue weighted by molar-refractivity contribution is 0.0494. The standard InChI is InChI=1S/C15H19F2NO3/c1-15(2,3)21-14(19)18-12(13-8-20-13)7-9-6-10(16)4-5-11(9)17/h4-6,12-13H,7-8H2,1-3H3,(H,18,19)/t12-,13+/m1/s1. The number of epoxide rings is 1. The third kappa shape index (κ3) is 4.97. The Kier molecular flexibility index (Phi) is 4.46. The van der Waals surface area contributed by atoms with E-state index in [-0.39, 0.29) is 18.1 Å². The molecule has 0 bridgehead atoms. The second-order valence-corrected chi connectivity index (χ2v) is 6.06. The van der Waals surface area contributed by atoms with Crippen LogP contribution in [0.4, 0.5) is 13.6 Å². The van der Waals surface area contributed by atoms with Crippen molar-refractivity contribution < 1.29 is 23.0 Å². The smallest absolute Gasteiger partial charge is 0.407 e. The minimum Gasteiger partial charge on any atom is -0.444 e. The third-order valence-corrected chi connectivity index (χ3v) is 2.96. The van der Waals surface area contributed by atoms with Gasteiger partial charge in [-0.05, 0) is 51.0 Å². The van der Waals surface area contributed by atoms with Gasteiger partial charge in [0, 0.05) is 0 Å². The van der Waals surface area contributed by atoms with E-state index in [9.17, 15) is 13.6 Å². The van der Waals surface area contributed by atoms with Crippen LogP contribution in [0.15, 0.2) is 18.2 Å². The summed E-state index contributed by atoms with van der Waals surface area (Å²) in [5.74, 6) is -1.02. The molecule has 0 unspecified atom stereocenters. The third-order valence-electron chi connectivity index (χ3n) is 2.96. The van der Waals surface area contributed by atoms with Crippen molar-refractivity contribution in [3.63, 3.8) is 0 Å². The summed E-state index contributed by atoms with van der Waals surface area (Å²) in [5.41, 5.74) is -0.421. The lowest BCUT2D eigenvalue weighted by atomic mass is 10.0. The van der Waals surface area contributed by atoms with Crippen molar-refractivity contribution in [2.24, 2.45) is 0 Å². The molecule has 1 N–H and O–H groups in total. The fourth-order valence-electron chi connectivity index (χ4n) is 1.96. The molecule has 2 atom stereocenters. The summed E-state index contributed by atoms with van der Waals surface area (Å²) < 4.78 is 37.2. The van der Waals surface area contributed by atoms with E-state index in [0.717, 1.165) is 18.2 Å². The first-order valence-corrected chi connectivity index (χ1v) is 6.79. The molecule has 2 rings (SSSR count). The van der Waals surface area contributed by atoms with Crippen molar-refractivity contribution in [2.45, 2.75) is 44.9 Å². The molecule has 0 radical (unpaired) electrons. The highest BCUT2D eigenvalue weighted by Crippen LogP contribution is 2.21. The van der Waals surface area contributed by atoms with Crippen LogP contribution in [0.25, 0.3) is 0 Å². The molecule has 1 amide bonds. The summed E-state index contributed by atoms with van der Waals surface area (Å²) in [5, 5.41) is 2.66. The van der Waals surface area contributed by atoms with Crippen LogP contribution < -0.4 is 5.32 Å². The number of hydrogen-bond acceptors (Lipinski definition) is 3. The number of alkyl carbamates (subject to hydrolysis) is 1. The largest absolute Gasteiger partial charge is 0.444 e. The normalized spacial score (nSPS) is 19.0. The van der Waals surface area contributed by atoms with Crippen LogP contribution in [-0.2, 0) is 15.9 Å².